The molecule has 1 atom stereocenters. The first-order valence-electron chi connectivity index (χ1n) is 8.46. The average Bonchev–Trinajstić information content (AvgIpc) is 2.61. The molecule has 6 nitrogen and oxygen atoms in total. The SMILES string of the molecule is CNCC(C)C(=O)NCc1cccc(S(=O)(=O)N2CCCCC2)c1. The molecular formula is C17H27N3O3S. The Morgan fingerprint density at radius 3 is 2.62 bits per heavy atom. The highest BCUT2D eigenvalue weighted by Crippen LogP contribution is 2.21. The lowest BCUT2D eigenvalue weighted by molar-refractivity contribution is -0.124. The van der Waals surface area contributed by atoms with Crippen LogP contribution in [-0.4, -0.2) is 45.3 Å². The van der Waals surface area contributed by atoms with Crippen LogP contribution in [0.25, 0.3) is 0 Å². The van der Waals surface area contributed by atoms with Crippen molar-refractivity contribution in [2.24, 2.45) is 5.92 Å². The minimum Gasteiger partial charge on any atom is -0.352 e. The van der Waals surface area contributed by atoms with E-state index in [-0.39, 0.29) is 11.8 Å². The van der Waals surface area contributed by atoms with Crippen LogP contribution in [0.5, 0.6) is 0 Å². The molecule has 2 rings (SSSR count). The third-order valence-corrected chi connectivity index (χ3v) is 6.17. The summed E-state index contributed by atoms with van der Waals surface area (Å²) in [4.78, 5) is 12.3. The number of hydrogen-bond acceptors (Lipinski definition) is 4. The molecule has 1 amide bonds. The van der Waals surface area contributed by atoms with E-state index in [0.717, 1.165) is 24.8 Å². The second-order valence-corrected chi connectivity index (χ2v) is 8.23. The van der Waals surface area contributed by atoms with E-state index in [1.165, 1.54) is 0 Å². The van der Waals surface area contributed by atoms with E-state index in [2.05, 4.69) is 10.6 Å². The van der Waals surface area contributed by atoms with Gasteiger partial charge in [-0.25, -0.2) is 8.42 Å². The maximum Gasteiger partial charge on any atom is 0.243 e. The van der Waals surface area contributed by atoms with Gasteiger partial charge in [-0.2, -0.15) is 4.31 Å². The number of amides is 1. The van der Waals surface area contributed by atoms with Crippen molar-refractivity contribution in [1.82, 2.24) is 14.9 Å². The Morgan fingerprint density at radius 2 is 1.96 bits per heavy atom. The number of nitrogens with one attached hydrogen (secondary N) is 2. The van der Waals surface area contributed by atoms with Crippen molar-refractivity contribution in [3.05, 3.63) is 29.8 Å². The summed E-state index contributed by atoms with van der Waals surface area (Å²) in [5.74, 6) is -0.177. The lowest BCUT2D eigenvalue weighted by Crippen LogP contribution is -2.36. The Hall–Kier alpha value is -1.44. The van der Waals surface area contributed by atoms with E-state index in [1.54, 1.807) is 29.6 Å². The molecule has 1 aliphatic rings. The van der Waals surface area contributed by atoms with Crippen molar-refractivity contribution in [2.75, 3.05) is 26.7 Å². The van der Waals surface area contributed by atoms with Crippen LogP contribution in [0.2, 0.25) is 0 Å². The zero-order valence-corrected chi connectivity index (χ0v) is 15.2. The standard InChI is InChI=1S/C17H27N3O3S/c1-14(12-18-2)17(21)19-13-15-7-6-8-16(11-15)24(22,23)20-9-4-3-5-10-20/h6-8,11,14,18H,3-5,9-10,12-13H2,1-2H3,(H,19,21). The van der Waals surface area contributed by atoms with Crippen molar-refractivity contribution in [2.45, 2.75) is 37.6 Å². The Labute approximate surface area is 144 Å². The van der Waals surface area contributed by atoms with E-state index in [4.69, 9.17) is 0 Å². The van der Waals surface area contributed by atoms with Crippen LogP contribution in [0.3, 0.4) is 0 Å². The van der Waals surface area contributed by atoms with Gasteiger partial charge in [-0.05, 0) is 37.6 Å². The van der Waals surface area contributed by atoms with Crippen LogP contribution in [0.15, 0.2) is 29.2 Å². The summed E-state index contributed by atoms with van der Waals surface area (Å²) in [6.07, 6.45) is 2.92. The molecule has 1 saturated heterocycles. The maximum atomic E-state index is 12.7. The predicted molar refractivity (Wildman–Crippen MR) is 94.0 cm³/mol. The molecule has 0 aliphatic carbocycles. The predicted octanol–water partition coefficient (Wildman–Crippen LogP) is 1.33. The van der Waals surface area contributed by atoms with Gasteiger partial charge in [-0.15, -0.1) is 0 Å². The lowest BCUT2D eigenvalue weighted by atomic mass is 10.1. The topological polar surface area (TPSA) is 78.5 Å². The number of piperidine rings is 1. The first-order valence-corrected chi connectivity index (χ1v) is 9.90. The highest BCUT2D eigenvalue weighted by Gasteiger charge is 2.25. The molecule has 1 aliphatic heterocycles. The number of benzene rings is 1. The lowest BCUT2D eigenvalue weighted by Gasteiger charge is -2.26. The Morgan fingerprint density at radius 1 is 1.25 bits per heavy atom. The van der Waals surface area contributed by atoms with E-state index in [0.29, 0.717) is 31.1 Å². The Kier molecular flexibility index (Phi) is 6.77. The summed E-state index contributed by atoms with van der Waals surface area (Å²) >= 11 is 0. The summed E-state index contributed by atoms with van der Waals surface area (Å²) in [7, 11) is -1.63. The van der Waals surface area contributed by atoms with Crippen LogP contribution in [-0.2, 0) is 21.4 Å². The molecule has 0 spiro atoms. The third kappa shape index (κ3) is 4.78. The molecular weight excluding hydrogens is 326 g/mol. The molecule has 1 aromatic rings. The summed E-state index contributed by atoms with van der Waals surface area (Å²) in [5, 5.41) is 5.82. The monoisotopic (exact) mass is 353 g/mol. The van der Waals surface area contributed by atoms with Gasteiger partial charge in [0, 0.05) is 32.1 Å². The highest BCUT2D eigenvalue weighted by molar-refractivity contribution is 7.89. The minimum atomic E-state index is -3.44. The number of hydrogen-bond donors (Lipinski definition) is 2. The van der Waals surface area contributed by atoms with Gasteiger partial charge >= 0.3 is 0 Å². The van der Waals surface area contributed by atoms with Gasteiger partial charge in [0.05, 0.1) is 4.90 Å². The van der Waals surface area contributed by atoms with Crippen molar-refractivity contribution in [1.29, 1.82) is 0 Å². The van der Waals surface area contributed by atoms with Crippen LogP contribution in [0.1, 0.15) is 31.7 Å². The third-order valence-electron chi connectivity index (χ3n) is 4.28. The van der Waals surface area contributed by atoms with Gasteiger partial charge in [-0.3, -0.25) is 4.79 Å². The molecule has 1 fully saturated rings. The molecule has 1 aromatic carbocycles. The van der Waals surface area contributed by atoms with Gasteiger partial charge < -0.3 is 10.6 Å². The molecule has 134 valence electrons. The molecule has 24 heavy (non-hydrogen) atoms. The summed E-state index contributed by atoms with van der Waals surface area (Å²) < 4.78 is 27.0. The van der Waals surface area contributed by atoms with Crippen LogP contribution < -0.4 is 10.6 Å². The molecule has 0 aromatic heterocycles. The van der Waals surface area contributed by atoms with Crippen molar-refractivity contribution in [3.8, 4) is 0 Å². The second-order valence-electron chi connectivity index (χ2n) is 6.29. The number of carbonyl (C=O) groups is 1. The first-order chi connectivity index (χ1) is 11.4. The van der Waals surface area contributed by atoms with Gasteiger partial charge in [0.15, 0.2) is 0 Å². The zero-order chi connectivity index (χ0) is 17.6. The van der Waals surface area contributed by atoms with E-state index < -0.39 is 10.0 Å². The fourth-order valence-electron chi connectivity index (χ4n) is 2.83. The average molecular weight is 353 g/mol. The van der Waals surface area contributed by atoms with Crippen molar-refractivity contribution < 1.29 is 13.2 Å². The normalized spacial score (nSPS) is 17.4. The molecule has 1 unspecified atom stereocenters. The van der Waals surface area contributed by atoms with E-state index in [1.807, 2.05) is 13.0 Å². The summed E-state index contributed by atoms with van der Waals surface area (Å²) in [6, 6.07) is 6.85. The van der Waals surface area contributed by atoms with Crippen LogP contribution in [0, 0.1) is 5.92 Å². The summed E-state index contributed by atoms with van der Waals surface area (Å²) in [5.41, 5.74) is 0.790. The molecule has 0 radical (unpaired) electrons. The van der Waals surface area contributed by atoms with Crippen LogP contribution in [0.4, 0.5) is 0 Å². The fraction of sp³-hybridized carbons (Fsp3) is 0.588. The molecule has 0 saturated carbocycles. The van der Waals surface area contributed by atoms with Gasteiger partial charge in [-0.1, -0.05) is 25.5 Å². The molecule has 2 N–H and O–H groups in total. The highest BCUT2D eigenvalue weighted by atomic mass is 32.2. The number of rotatable bonds is 7. The molecule has 7 heteroatoms. The Balaban J connectivity index is 2.04. The van der Waals surface area contributed by atoms with Gasteiger partial charge in [0.2, 0.25) is 15.9 Å². The first kappa shape index (κ1) is 18.9. The number of carbonyl (C=O) groups excluding carboxylic acids is 1. The number of nitrogens with zero attached hydrogens (tertiary/aromatic N) is 1. The quantitative estimate of drug-likeness (QED) is 0.775. The van der Waals surface area contributed by atoms with Crippen molar-refractivity contribution in [3.63, 3.8) is 0 Å². The van der Waals surface area contributed by atoms with E-state index >= 15 is 0 Å². The maximum absolute atomic E-state index is 12.7. The largest absolute Gasteiger partial charge is 0.352 e. The smallest absolute Gasteiger partial charge is 0.243 e. The zero-order valence-electron chi connectivity index (χ0n) is 14.4. The van der Waals surface area contributed by atoms with Crippen molar-refractivity contribution >= 4 is 15.9 Å². The second kappa shape index (κ2) is 8.60. The number of sulfonamides is 1. The fourth-order valence-corrected chi connectivity index (χ4v) is 4.42. The van der Waals surface area contributed by atoms with Crippen LogP contribution >= 0.6 is 0 Å². The molecule has 0 bridgehead atoms. The summed E-state index contributed by atoms with van der Waals surface area (Å²) in [6.45, 7) is 3.96. The van der Waals surface area contributed by atoms with Gasteiger partial charge in [0.25, 0.3) is 0 Å². The minimum absolute atomic E-state index is 0.0476. The van der Waals surface area contributed by atoms with E-state index in [9.17, 15) is 13.2 Å². The Bertz CT molecular complexity index is 655. The molecule has 1 heterocycles. The van der Waals surface area contributed by atoms with Gasteiger partial charge in [0.1, 0.15) is 0 Å².